The molecule has 0 aliphatic carbocycles. The summed E-state index contributed by atoms with van der Waals surface area (Å²) in [6, 6.07) is 8.61. The van der Waals surface area contributed by atoms with Crippen LogP contribution in [0.15, 0.2) is 33.9 Å². The van der Waals surface area contributed by atoms with Gasteiger partial charge in [0.2, 0.25) is 0 Å². The third-order valence-corrected chi connectivity index (χ3v) is 4.77. The lowest BCUT2D eigenvalue weighted by Gasteiger charge is -2.36. The smallest absolute Gasteiger partial charge is 0.332 e. The van der Waals surface area contributed by atoms with Crippen molar-refractivity contribution in [3.63, 3.8) is 0 Å². The minimum absolute atomic E-state index is 0.0304. The highest BCUT2D eigenvalue weighted by molar-refractivity contribution is 5.53. The fraction of sp³-hybridized carbons (Fsp3) is 0.389. The predicted molar refractivity (Wildman–Crippen MR) is 95.5 cm³/mol. The van der Waals surface area contributed by atoms with Crippen molar-refractivity contribution in [1.29, 1.82) is 5.26 Å². The van der Waals surface area contributed by atoms with Crippen molar-refractivity contribution in [2.45, 2.75) is 6.54 Å². The average molecular weight is 357 g/mol. The molecule has 0 atom stereocenters. The van der Waals surface area contributed by atoms with Crippen molar-refractivity contribution in [1.82, 2.24) is 14.0 Å². The van der Waals surface area contributed by atoms with Crippen LogP contribution in [0.1, 0.15) is 11.1 Å². The average Bonchev–Trinajstić information content (AvgIpc) is 2.65. The van der Waals surface area contributed by atoms with Gasteiger partial charge in [-0.2, -0.15) is 5.26 Å². The highest BCUT2D eigenvalue weighted by Crippen LogP contribution is 2.18. The van der Waals surface area contributed by atoms with E-state index in [1.807, 2.05) is 17.0 Å². The number of anilines is 1. The molecule has 26 heavy (non-hydrogen) atoms. The second kappa shape index (κ2) is 7.14. The van der Waals surface area contributed by atoms with Crippen LogP contribution in [-0.4, -0.2) is 40.2 Å². The molecule has 8 heteroatoms. The maximum atomic E-state index is 13.8. The second-order valence-corrected chi connectivity index (χ2v) is 6.37. The molecule has 2 heterocycles. The molecule has 1 aromatic carbocycles. The van der Waals surface area contributed by atoms with Crippen LogP contribution in [0.3, 0.4) is 0 Å². The fourth-order valence-corrected chi connectivity index (χ4v) is 3.29. The van der Waals surface area contributed by atoms with Crippen molar-refractivity contribution in [2.24, 2.45) is 14.1 Å². The van der Waals surface area contributed by atoms with E-state index < -0.39 is 11.2 Å². The first-order chi connectivity index (χ1) is 12.4. The van der Waals surface area contributed by atoms with E-state index in [1.165, 1.54) is 17.7 Å². The molecule has 1 aromatic heterocycles. The van der Waals surface area contributed by atoms with Gasteiger partial charge in [0, 0.05) is 52.4 Å². The summed E-state index contributed by atoms with van der Waals surface area (Å²) in [4.78, 5) is 28.4. The maximum Gasteiger partial charge on any atom is 0.332 e. The highest BCUT2D eigenvalue weighted by Gasteiger charge is 2.25. The van der Waals surface area contributed by atoms with E-state index in [-0.39, 0.29) is 11.4 Å². The van der Waals surface area contributed by atoms with Crippen LogP contribution < -0.4 is 16.1 Å². The Morgan fingerprint density at radius 1 is 1.08 bits per heavy atom. The molecular formula is C18H20FN5O2. The summed E-state index contributed by atoms with van der Waals surface area (Å²) in [5, 5.41) is 9.39. The maximum absolute atomic E-state index is 13.8. The van der Waals surface area contributed by atoms with E-state index in [9.17, 15) is 19.2 Å². The predicted octanol–water partition coefficient (Wildman–Crippen LogP) is 0.417. The van der Waals surface area contributed by atoms with Gasteiger partial charge in [-0.3, -0.25) is 18.8 Å². The number of benzene rings is 1. The molecule has 0 spiro atoms. The second-order valence-electron chi connectivity index (χ2n) is 6.37. The lowest BCUT2D eigenvalue weighted by Crippen LogP contribution is -2.50. The van der Waals surface area contributed by atoms with Crippen LogP contribution in [0.5, 0.6) is 0 Å². The fourth-order valence-electron chi connectivity index (χ4n) is 3.29. The Hall–Kier alpha value is -2.92. The summed E-state index contributed by atoms with van der Waals surface area (Å²) in [5.41, 5.74) is -0.436. The van der Waals surface area contributed by atoms with Gasteiger partial charge in [0.1, 0.15) is 17.7 Å². The van der Waals surface area contributed by atoms with Crippen molar-refractivity contribution < 1.29 is 4.39 Å². The van der Waals surface area contributed by atoms with Gasteiger partial charge in [-0.05, 0) is 6.07 Å². The minimum atomic E-state index is -0.584. The zero-order chi connectivity index (χ0) is 18.8. The Morgan fingerprint density at radius 3 is 2.35 bits per heavy atom. The Labute approximate surface area is 150 Å². The summed E-state index contributed by atoms with van der Waals surface area (Å²) in [6.07, 6.45) is 0. The highest BCUT2D eigenvalue weighted by atomic mass is 19.1. The van der Waals surface area contributed by atoms with Gasteiger partial charge < -0.3 is 4.90 Å². The van der Waals surface area contributed by atoms with Crippen molar-refractivity contribution in [3.05, 3.63) is 62.0 Å². The SMILES string of the molecule is Cn1c(N2CCN(Cc3ccccc3F)CC2)c(C#N)c(=O)n(C)c1=O. The van der Waals surface area contributed by atoms with E-state index in [0.717, 1.165) is 4.57 Å². The van der Waals surface area contributed by atoms with E-state index >= 15 is 0 Å². The van der Waals surface area contributed by atoms with Crippen LogP contribution >= 0.6 is 0 Å². The van der Waals surface area contributed by atoms with Gasteiger partial charge in [0.15, 0.2) is 5.56 Å². The number of nitrogens with zero attached hydrogens (tertiary/aromatic N) is 5. The molecule has 3 rings (SSSR count). The molecule has 1 saturated heterocycles. The molecule has 0 radical (unpaired) electrons. The van der Waals surface area contributed by atoms with Crippen LogP contribution in [-0.2, 0) is 20.6 Å². The molecule has 1 aliphatic rings. The first-order valence-electron chi connectivity index (χ1n) is 8.35. The Morgan fingerprint density at radius 2 is 1.73 bits per heavy atom. The van der Waals surface area contributed by atoms with Gasteiger partial charge >= 0.3 is 5.69 Å². The first-order valence-corrected chi connectivity index (χ1v) is 8.35. The number of rotatable bonds is 3. The van der Waals surface area contributed by atoms with Crippen LogP contribution in [0, 0.1) is 17.1 Å². The van der Waals surface area contributed by atoms with Crippen molar-refractivity contribution >= 4 is 5.82 Å². The Bertz CT molecular complexity index is 981. The van der Waals surface area contributed by atoms with Crippen molar-refractivity contribution in [2.75, 3.05) is 31.1 Å². The number of piperazine rings is 1. The van der Waals surface area contributed by atoms with Gasteiger partial charge in [0.25, 0.3) is 5.56 Å². The molecule has 7 nitrogen and oxygen atoms in total. The molecule has 136 valence electrons. The number of halogens is 1. The van der Waals surface area contributed by atoms with Gasteiger partial charge in [0.05, 0.1) is 0 Å². The molecular weight excluding hydrogens is 337 g/mol. The van der Waals surface area contributed by atoms with Gasteiger partial charge in [-0.15, -0.1) is 0 Å². The molecule has 0 bridgehead atoms. The molecule has 1 fully saturated rings. The number of aromatic nitrogens is 2. The van der Waals surface area contributed by atoms with Crippen LogP contribution in [0.25, 0.3) is 0 Å². The molecule has 1 aliphatic heterocycles. The zero-order valence-corrected chi connectivity index (χ0v) is 14.8. The first kappa shape index (κ1) is 17.9. The normalized spacial score (nSPS) is 15.1. The molecule has 0 unspecified atom stereocenters. The quantitative estimate of drug-likeness (QED) is 0.796. The third kappa shape index (κ3) is 3.13. The molecule has 0 N–H and O–H groups in total. The molecule has 0 saturated carbocycles. The Kier molecular flexibility index (Phi) is 4.91. The third-order valence-electron chi connectivity index (χ3n) is 4.77. The summed E-state index contributed by atoms with van der Waals surface area (Å²) in [5.74, 6) is 0.127. The minimum Gasteiger partial charge on any atom is -0.354 e. The van der Waals surface area contributed by atoms with Gasteiger partial charge in [-0.1, -0.05) is 18.2 Å². The van der Waals surface area contributed by atoms with E-state index in [4.69, 9.17) is 0 Å². The lowest BCUT2D eigenvalue weighted by atomic mass is 10.2. The topological polar surface area (TPSA) is 74.3 Å². The van der Waals surface area contributed by atoms with E-state index in [1.54, 1.807) is 19.2 Å². The lowest BCUT2D eigenvalue weighted by molar-refractivity contribution is 0.245. The molecule has 0 amide bonds. The summed E-state index contributed by atoms with van der Waals surface area (Å²) >= 11 is 0. The monoisotopic (exact) mass is 357 g/mol. The largest absolute Gasteiger partial charge is 0.354 e. The molecule has 2 aromatic rings. The number of hydrogen-bond donors (Lipinski definition) is 0. The zero-order valence-electron chi connectivity index (χ0n) is 14.8. The van der Waals surface area contributed by atoms with E-state index in [0.29, 0.717) is 44.1 Å². The Balaban J connectivity index is 1.81. The summed E-state index contributed by atoms with van der Waals surface area (Å²) in [7, 11) is 2.92. The summed E-state index contributed by atoms with van der Waals surface area (Å²) in [6.45, 7) is 2.87. The van der Waals surface area contributed by atoms with E-state index in [2.05, 4.69) is 4.90 Å². The number of hydrogen-bond acceptors (Lipinski definition) is 5. The summed E-state index contributed by atoms with van der Waals surface area (Å²) < 4.78 is 16.1. The number of nitriles is 1. The van der Waals surface area contributed by atoms with Gasteiger partial charge in [-0.25, -0.2) is 9.18 Å². The standard InChI is InChI=1S/C18H20FN5O2/c1-21-16(14(11-20)17(25)22(2)18(21)26)24-9-7-23(8-10-24)12-13-5-3-4-6-15(13)19/h3-6H,7-10,12H2,1-2H3. The van der Waals surface area contributed by atoms with Crippen LogP contribution in [0.4, 0.5) is 10.2 Å². The van der Waals surface area contributed by atoms with Crippen LogP contribution in [0.2, 0.25) is 0 Å². The van der Waals surface area contributed by atoms with Crippen molar-refractivity contribution in [3.8, 4) is 6.07 Å².